The molecule has 23 heavy (non-hydrogen) atoms. The Hall–Kier alpha value is -2.34. The zero-order chi connectivity index (χ0) is 16.4. The van der Waals surface area contributed by atoms with Crippen LogP contribution in [0.1, 0.15) is 29.8 Å². The lowest BCUT2D eigenvalue weighted by Gasteiger charge is -2.23. The van der Waals surface area contributed by atoms with Gasteiger partial charge in [0, 0.05) is 18.9 Å². The average molecular weight is 330 g/mol. The van der Waals surface area contributed by atoms with Crippen LogP contribution in [-0.2, 0) is 4.79 Å². The van der Waals surface area contributed by atoms with Gasteiger partial charge in [-0.3, -0.25) is 4.79 Å². The fourth-order valence-corrected chi connectivity index (χ4v) is 3.53. The van der Waals surface area contributed by atoms with Crippen LogP contribution in [0.3, 0.4) is 0 Å². The topological polar surface area (TPSA) is 51.1 Å². The summed E-state index contributed by atoms with van der Waals surface area (Å²) in [5.74, 6) is 1.21. The van der Waals surface area contributed by atoms with E-state index >= 15 is 0 Å². The van der Waals surface area contributed by atoms with Crippen LogP contribution in [0.25, 0.3) is 0 Å². The van der Waals surface area contributed by atoms with Gasteiger partial charge in [0.25, 0.3) is 0 Å². The number of amides is 1. The van der Waals surface area contributed by atoms with E-state index < -0.39 is 0 Å². The molecule has 0 bridgehead atoms. The molecule has 3 rings (SSSR count). The molecule has 0 spiro atoms. The summed E-state index contributed by atoms with van der Waals surface area (Å²) in [5.41, 5.74) is 1.82. The summed E-state index contributed by atoms with van der Waals surface area (Å²) in [5, 5.41) is 8.08. The van der Waals surface area contributed by atoms with Crippen LogP contribution in [-0.4, -0.2) is 30.8 Å². The number of methoxy groups -OCH3 is 2. The largest absolute Gasteiger partial charge is 0.493 e. The maximum atomic E-state index is 12.0. The maximum absolute atomic E-state index is 12.0. The zero-order valence-electron chi connectivity index (χ0n) is 13.3. The molecule has 0 radical (unpaired) electrons. The number of ether oxygens (including phenoxy) is 2. The number of carbonyl (C=O) groups is 1. The SMILES string of the molecule is COc1cccc([C@H]2CC(c3cccs3)=NN2C(C)=O)c1OC. The summed E-state index contributed by atoms with van der Waals surface area (Å²) in [7, 11) is 3.21. The third-order valence-corrected chi connectivity index (χ3v) is 4.75. The average Bonchev–Trinajstić information content (AvgIpc) is 3.22. The Bertz CT molecular complexity index is 740. The van der Waals surface area contributed by atoms with Crippen LogP contribution >= 0.6 is 11.3 Å². The minimum absolute atomic E-state index is 0.0913. The molecule has 0 aliphatic carbocycles. The lowest BCUT2D eigenvalue weighted by molar-refractivity contribution is -0.130. The monoisotopic (exact) mass is 330 g/mol. The first kappa shape index (κ1) is 15.6. The molecule has 1 aromatic carbocycles. The summed E-state index contributed by atoms with van der Waals surface area (Å²) in [6.45, 7) is 1.53. The minimum Gasteiger partial charge on any atom is -0.493 e. The van der Waals surface area contributed by atoms with Crippen molar-refractivity contribution >= 4 is 23.0 Å². The predicted octanol–water partition coefficient (Wildman–Crippen LogP) is 3.46. The van der Waals surface area contributed by atoms with Gasteiger partial charge in [-0.25, -0.2) is 5.01 Å². The molecule has 2 aromatic rings. The maximum Gasteiger partial charge on any atom is 0.240 e. The molecule has 1 aromatic heterocycles. The molecule has 0 saturated heterocycles. The number of hydrogen-bond donors (Lipinski definition) is 0. The van der Waals surface area contributed by atoms with Gasteiger partial charge in [-0.15, -0.1) is 11.3 Å². The number of nitrogens with zero attached hydrogens (tertiary/aromatic N) is 2. The highest BCUT2D eigenvalue weighted by molar-refractivity contribution is 7.12. The van der Waals surface area contributed by atoms with E-state index in [4.69, 9.17) is 9.47 Å². The fraction of sp³-hybridized carbons (Fsp3) is 0.294. The summed E-state index contributed by atoms with van der Waals surface area (Å²) in [4.78, 5) is 13.1. The van der Waals surface area contributed by atoms with Crippen LogP contribution in [0.5, 0.6) is 11.5 Å². The zero-order valence-corrected chi connectivity index (χ0v) is 14.1. The lowest BCUT2D eigenvalue weighted by atomic mass is 9.99. The number of carbonyl (C=O) groups excluding carboxylic acids is 1. The van der Waals surface area contributed by atoms with Crippen molar-refractivity contribution in [2.75, 3.05) is 14.2 Å². The predicted molar refractivity (Wildman–Crippen MR) is 90.3 cm³/mol. The van der Waals surface area contributed by atoms with E-state index in [1.807, 2.05) is 35.7 Å². The van der Waals surface area contributed by atoms with Crippen molar-refractivity contribution in [2.24, 2.45) is 5.10 Å². The molecule has 2 heterocycles. The van der Waals surface area contributed by atoms with Crippen LogP contribution in [0.15, 0.2) is 40.8 Å². The number of hydrogen-bond acceptors (Lipinski definition) is 5. The van der Waals surface area contributed by atoms with Crippen molar-refractivity contribution in [3.63, 3.8) is 0 Å². The molecule has 0 saturated carbocycles. The minimum atomic E-state index is -0.186. The van der Waals surface area contributed by atoms with E-state index in [9.17, 15) is 4.79 Å². The number of rotatable bonds is 4. The second kappa shape index (κ2) is 6.42. The quantitative estimate of drug-likeness (QED) is 0.862. The number of benzene rings is 1. The van der Waals surface area contributed by atoms with Crippen molar-refractivity contribution in [2.45, 2.75) is 19.4 Å². The van der Waals surface area contributed by atoms with E-state index in [0.29, 0.717) is 17.9 Å². The Balaban J connectivity index is 2.02. The van der Waals surface area contributed by atoms with Gasteiger partial charge in [-0.1, -0.05) is 18.2 Å². The second-order valence-corrected chi connectivity index (χ2v) is 6.14. The summed E-state index contributed by atoms with van der Waals surface area (Å²) in [6.07, 6.45) is 0.656. The van der Waals surface area contributed by atoms with Crippen LogP contribution in [0, 0.1) is 0 Å². The van der Waals surface area contributed by atoms with Gasteiger partial charge >= 0.3 is 0 Å². The third-order valence-electron chi connectivity index (χ3n) is 3.83. The van der Waals surface area contributed by atoms with Crippen molar-refractivity contribution in [1.29, 1.82) is 0 Å². The Morgan fingerprint density at radius 2 is 2.09 bits per heavy atom. The highest BCUT2D eigenvalue weighted by atomic mass is 32.1. The fourth-order valence-electron chi connectivity index (χ4n) is 2.81. The van der Waals surface area contributed by atoms with Crippen molar-refractivity contribution < 1.29 is 14.3 Å². The van der Waals surface area contributed by atoms with Gasteiger partial charge in [0.1, 0.15) is 0 Å². The van der Waals surface area contributed by atoms with Gasteiger partial charge in [-0.05, 0) is 17.5 Å². The molecule has 0 unspecified atom stereocenters. The Morgan fingerprint density at radius 3 is 2.70 bits per heavy atom. The van der Waals surface area contributed by atoms with Crippen LogP contribution in [0.4, 0.5) is 0 Å². The molecule has 6 heteroatoms. The summed E-state index contributed by atoms with van der Waals surface area (Å²) in [6, 6.07) is 9.52. The van der Waals surface area contributed by atoms with E-state index in [0.717, 1.165) is 16.2 Å². The first-order valence-electron chi connectivity index (χ1n) is 7.27. The Labute approximate surface area is 139 Å². The molecule has 0 fully saturated rings. The summed E-state index contributed by atoms with van der Waals surface area (Å²) < 4.78 is 10.9. The van der Waals surface area contributed by atoms with Gasteiger partial charge in [0.2, 0.25) is 5.91 Å². The van der Waals surface area contributed by atoms with Crippen molar-refractivity contribution in [3.05, 3.63) is 46.2 Å². The Morgan fingerprint density at radius 1 is 1.26 bits per heavy atom. The highest BCUT2D eigenvalue weighted by Gasteiger charge is 2.34. The molecule has 0 N–H and O–H groups in total. The lowest BCUT2D eigenvalue weighted by Crippen LogP contribution is -2.24. The van der Waals surface area contributed by atoms with Gasteiger partial charge in [0.15, 0.2) is 11.5 Å². The molecular weight excluding hydrogens is 312 g/mol. The first-order valence-corrected chi connectivity index (χ1v) is 8.15. The Kier molecular flexibility index (Phi) is 4.34. The van der Waals surface area contributed by atoms with E-state index in [1.54, 1.807) is 25.6 Å². The summed E-state index contributed by atoms with van der Waals surface area (Å²) >= 11 is 1.62. The molecule has 1 amide bonds. The molecule has 5 nitrogen and oxygen atoms in total. The standard InChI is InChI=1S/C17H18N2O3S/c1-11(20)19-14(10-13(18-19)16-8-5-9-23-16)12-6-4-7-15(21-2)17(12)22-3/h4-9,14H,10H2,1-3H3/t14-/m1/s1. The molecule has 1 aliphatic heterocycles. The highest BCUT2D eigenvalue weighted by Crippen LogP contribution is 2.41. The number of hydrazone groups is 1. The van der Waals surface area contributed by atoms with Crippen molar-refractivity contribution in [1.82, 2.24) is 5.01 Å². The molecule has 1 aliphatic rings. The smallest absolute Gasteiger partial charge is 0.240 e. The molecular formula is C17H18N2O3S. The van der Waals surface area contributed by atoms with E-state index in [1.165, 1.54) is 11.9 Å². The van der Waals surface area contributed by atoms with Crippen LogP contribution < -0.4 is 9.47 Å². The van der Waals surface area contributed by atoms with Gasteiger partial charge in [-0.2, -0.15) is 5.10 Å². The number of para-hydroxylation sites is 1. The normalized spacial score (nSPS) is 17.1. The molecule has 1 atom stereocenters. The van der Waals surface area contributed by atoms with Crippen LogP contribution in [0.2, 0.25) is 0 Å². The van der Waals surface area contributed by atoms with E-state index in [2.05, 4.69) is 5.10 Å². The second-order valence-electron chi connectivity index (χ2n) is 5.19. The first-order chi connectivity index (χ1) is 11.2. The van der Waals surface area contributed by atoms with Crippen molar-refractivity contribution in [3.8, 4) is 11.5 Å². The van der Waals surface area contributed by atoms with Gasteiger partial charge in [0.05, 0.1) is 30.9 Å². The number of thiophene rings is 1. The molecule has 120 valence electrons. The third kappa shape index (κ3) is 2.82. The van der Waals surface area contributed by atoms with E-state index in [-0.39, 0.29) is 11.9 Å². The van der Waals surface area contributed by atoms with Gasteiger partial charge < -0.3 is 9.47 Å².